The number of imide groups is 1. The van der Waals surface area contributed by atoms with Gasteiger partial charge in [-0.15, -0.1) is 0 Å². The van der Waals surface area contributed by atoms with Crippen molar-refractivity contribution in [2.45, 2.75) is 273 Å². The average Bonchev–Trinajstić information content (AvgIpc) is 3.52. The normalized spacial score (nSPS) is 13.7. The minimum absolute atomic E-state index is 0.0999. The molecular weight excluding hydrogens is 813 g/mol. The number of hydrogen-bond donors (Lipinski definition) is 1. The largest absolute Gasteiger partial charge is 0.330 e. The molecule has 61 heavy (non-hydrogen) atoms. The van der Waals surface area contributed by atoms with Gasteiger partial charge in [0.05, 0.1) is 11.1 Å². The van der Waals surface area contributed by atoms with Crippen LogP contribution < -0.4 is 5.73 Å². The van der Waals surface area contributed by atoms with Gasteiger partial charge in [-0.05, 0) is 75.0 Å². The molecule has 358 valence electrons. The molecule has 2 N–H and O–H groups in total. The Morgan fingerprint density at radius 1 is 0.410 bits per heavy atom. The second-order valence-corrected chi connectivity index (χ2v) is 19.6. The summed E-state index contributed by atoms with van der Waals surface area (Å²) in [7, 11) is 0. The molecule has 0 spiro atoms. The first-order chi connectivity index (χ1) is 29.9. The molecule has 3 unspecified atom stereocenters. The zero-order valence-electron chi connectivity index (χ0n) is 41.8. The van der Waals surface area contributed by atoms with Gasteiger partial charge in [0, 0.05) is 11.9 Å². The molecule has 2 rings (SSSR count). The zero-order chi connectivity index (χ0) is 45.0. The summed E-state index contributed by atoms with van der Waals surface area (Å²) < 4.78 is 0. The number of unbranched alkanes of at least 4 members (excludes halogenated alkanes) is 24. The van der Waals surface area contributed by atoms with E-state index in [0.29, 0.717) is 23.6 Å². The summed E-state index contributed by atoms with van der Waals surface area (Å²) in [5, 5.41) is 1.22. The number of nitrogens with zero attached hydrogens (tertiary/aromatic N) is 1. The maximum absolute atomic E-state index is 12.7. The van der Waals surface area contributed by atoms with E-state index < -0.39 is 0 Å². The van der Waals surface area contributed by atoms with E-state index in [4.69, 9.17) is 5.73 Å². The van der Waals surface area contributed by atoms with Gasteiger partial charge in [-0.2, -0.15) is 0 Å². The van der Waals surface area contributed by atoms with Crippen LogP contribution in [0.1, 0.15) is 293 Å². The molecule has 1 aliphatic heterocycles. The molecule has 0 aromatic heterocycles. The number of halogens is 1. The molecule has 1 aromatic rings. The molecule has 0 saturated heterocycles. The standard InChI is InChI=1S/C24H37NO2.C16H33Br.C16H35N/c1-3-5-7-9-10-12-16-20(15-11-8-6-4-2)19-25-23(26)21-17-13-14-18-22(21)24(25)27;2*1-3-5-7-9-10-12-14-16(15-17)13-11-8-6-4-2/h13-14,17-18,20H,3-12,15-16,19H2,1-2H3;16H,3-15H2,1-2H3;16H,3-15,17H2,1-2H3. The molecule has 0 fully saturated rings. The van der Waals surface area contributed by atoms with Crippen molar-refractivity contribution in [1.29, 1.82) is 0 Å². The van der Waals surface area contributed by atoms with Crippen LogP contribution in [0.4, 0.5) is 0 Å². The van der Waals surface area contributed by atoms with Crippen molar-refractivity contribution in [3.63, 3.8) is 0 Å². The van der Waals surface area contributed by atoms with Gasteiger partial charge in [0.2, 0.25) is 0 Å². The van der Waals surface area contributed by atoms with E-state index in [-0.39, 0.29) is 11.8 Å². The molecular formula is C56H105BrN2O2. The molecule has 2 amide bonds. The number of fused-ring (bicyclic) bond motifs is 1. The SMILES string of the molecule is CCCCCCCCC(CBr)CCCCCC.CCCCCCCCC(CCCCCC)CN1C(=O)c2ccccc2C1=O.CCCCCCCCC(CN)CCCCCC. The van der Waals surface area contributed by atoms with E-state index in [2.05, 4.69) is 57.5 Å². The van der Waals surface area contributed by atoms with Gasteiger partial charge in [0.1, 0.15) is 0 Å². The van der Waals surface area contributed by atoms with Gasteiger partial charge in [0.15, 0.2) is 0 Å². The van der Waals surface area contributed by atoms with Crippen LogP contribution in [0.15, 0.2) is 24.3 Å². The van der Waals surface area contributed by atoms with Crippen molar-refractivity contribution in [1.82, 2.24) is 4.90 Å². The summed E-state index contributed by atoms with van der Waals surface area (Å²) in [5.74, 6) is 1.99. The fourth-order valence-corrected chi connectivity index (χ4v) is 9.54. The van der Waals surface area contributed by atoms with Crippen molar-refractivity contribution in [2.75, 3.05) is 18.4 Å². The van der Waals surface area contributed by atoms with Crippen LogP contribution in [0.25, 0.3) is 0 Å². The molecule has 0 radical (unpaired) electrons. The Morgan fingerprint density at radius 2 is 0.672 bits per heavy atom. The predicted octanol–water partition coefficient (Wildman–Crippen LogP) is 18.6. The zero-order valence-corrected chi connectivity index (χ0v) is 43.4. The minimum atomic E-state index is -0.0999. The smallest absolute Gasteiger partial charge is 0.261 e. The number of alkyl halides is 1. The molecule has 1 heterocycles. The van der Waals surface area contributed by atoms with Gasteiger partial charge in [-0.25, -0.2) is 0 Å². The number of hydrogen-bond acceptors (Lipinski definition) is 3. The van der Waals surface area contributed by atoms with Crippen molar-refractivity contribution < 1.29 is 9.59 Å². The Balaban J connectivity index is 0.000000930. The highest BCUT2D eigenvalue weighted by Gasteiger charge is 2.36. The summed E-state index contributed by atoms with van der Waals surface area (Å²) in [6, 6.07) is 7.23. The van der Waals surface area contributed by atoms with E-state index in [1.807, 2.05) is 12.1 Å². The maximum atomic E-state index is 12.7. The third-order valence-electron chi connectivity index (χ3n) is 13.2. The van der Waals surface area contributed by atoms with Gasteiger partial charge in [0.25, 0.3) is 11.8 Å². The second-order valence-electron chi connectivity index (χ2n) is 19.0. The van der Waals surface area contributed by atoms with E-state index in [1.165, 1.54) is 229 Å². The summed E-state index contributed by atoms with van der Waals surface area (Å²) in [4.78, 5) is 26.9. The Labute approximate surface area is 390 Å². The molecule has 1 aromatic carbocycles. The van der Waals surface area contributed by atoms with Crippen molar-refractivity contribution in [2.24, 2.45) is 23.5 Å². The lowest BCUT2D eigenvalue weighted by atomic mass is 9.93. The van der Waals surface area contributed by atoms with Crippen molar-refractivity contribution >= 4 is 27.7 Å². The lowest BCUT2D eigenvalue weighted by Crippen LogP contribution is -2.34. The third-order valence-corrected chi connectivity index (χ3v) is 14.1. The Bertz CT molecular complexity index is 1030. The topological polar surface area (TPSA) is 63.4 Å². The van der Waals surface area contributed by atoms with Crippen LogP contribution in [-0.2, 0) is 0 Å². The number of carbonyl (C=O) groups is 2. The monoisotopic (exact) mass is 917 g/mol. The van der Waals surface area contributed by atoms with Crippen LogP contribution >= 0.6 is 15.9 Å². The Kier molecular flexibility index (Phi) is 44.5. The van der Waals surface area contributed by atoms with E-state index >= 15 is 0 Å². The lowest BCUT2D eigenvalue weighted by molar-refractivity contribution is 0.0621. The summed E-state index contributed by atoms with van der Waals surface area (Å²) in [6.45, 7) is 15.1. The highest BCUT2D eigenvalue weighted by atomic mass is 79.9. The molecule has 5 heteroatoms. The second kappa shape index (κ2) is 45.4. The number of rotatable bonds is 40. The van der Waals surface area contributed by atoms with E-state index in [0.717, 1.165) is 31.2 Å². The lowest BCUT2D eigenvalue weighted by Gasteiger charge is -2.23. The Morgan fingerprint density at radius 3 is 0.967 bits per heavy atom. The van der Waals surface area contributed by atoms with E-state index in [9.17, 15) is 9.59 Å². The van der Waals surface area contributed by atoms with Crippen LogP contribution in [0.2, 0.25) is 0 Å². The number of carbonyl (C=O) groups excluding carboxylic acids is 2. The summed E-state index contributed by atoms with van der Waals surface area (Å²) in [6.07, 6.45) is 48.8. The molecule has 3 atom stereocenters. The van der Waals surface area contributed by atoms with E-state index in [1.54, 1.807) is 12.1 Å². The number of nitrogens with two attached hydrogens (primary N) is 1. The van der Waals surface area contributed by atoms with Crippen molar-refractivity contribution in [3.8, 4) is 0 Å². The quantitative estimate of drug-likeness (QED) is 0.0405. The van der Waals surface area contributed by atoms with Crippen LogP contribution in [-0.4, -0.2) is 35.1 Å². The summed E-state index contributed by atoms with van der Waals surface area (Å²) >= 11 is 3.68. The predicted molar refractivity (Wildman–Crippen MR) is 275 cm³/mol. The number of amides is 2. The van der Waals surface area contributed by atoms with Crippen LogP contribution in [0.5, 0.6) is 0 Å². The first-order valence-electron chi connectivity index (χ1n) is 27.1. The van der Waals surface area contributed by atoms with Gasteiger partial charge < -0.3 is 5.73 Å². The highest BCUT2D eigenvalue weighted by molar-refractivity contribution is 9.09. The summed E-state index contributed by atoms with van der Waals surface area (Å²) in [5.41, 5.74) is 7.00. The maximum Gasteiger partial charge on any atom is 0.261 e. The van der Waals surface area contributed by atoms with Crippen LogP contribution in [0.3, 0.4) is 0 Å². The van der Waals surface area contributed by atoms with Gasteiger partial charge >= 0.3 is 0 Å². The van der Waals surface area contributed by atoms with Crippen LogP contribution in [0, 0.1) is 17.8 Å². The average molecular weight is 918 g/mol. The highest BCUT2D eigenvalue weighted by Crippen LogP contribution is 2.27. The Hall–Kier alpha value is -1.20. The fraction of sp³-hybridized carbons (Fsp3) is 0.857. The molecule has 0 bridgehead atoms. The van der Waals surface area contributed by atoms with Gasteiger partial charge in [-0.1, -0.05) is 262 Å². The first kappa shape index (κ1) is 59.8. The number of benzene rings is 1. The minimum Gasteiger partial charge on any atom is -0.330 e. The van der Waals surface area contributed by atoms with Gasteiger partial charge in [-0.3, -0.25) is 14.5 Å². The third kappa shape index (κ3) is 33.0. The first-order valence-corrected chi connectivity index (χ1v) is 28.2. The molecule has 1 aliphatic rings. The fourth-order valence-electron chi connectivity index (χ4n) is 8.89. The molecule has 0 aliphatic carbocycles. The molecule has 4 nitrogen and oxygen atoms in total. The van der Waals surface area contributed by atoms with Crippen molar-refractivity contribution in [3.05, 3.63) is 35.4 Å². The molecule has 0 saturated carbocycles.